The van der Waals surface area contributed by atoms with Gasteiger partial charge in [0, 0.05) is 31.9 Å². The van der Waals surface area contributed by atoms with Crippen LogP contribution in [0.3, 0.4) is 0 Å². The molecule has 1 aliphatic heterocycles. The number of rotatable bonds is 2. The van der Waals surface area contributed by atoms with E-state index in [1.54, 1.807) is 10.9 Å². The van der Waals surface area contributed by atoms with Crippen LogP contribution in [0.5, 0.6) is 0 Å². The molecule has 0 bridgehead atoms. The molecular weight excluding hydrogens is 264 g/mol. The molecule has 2 rings (SSSR count). The number of nitrogens with zero attached hydrogens (tertiary/aromatic N) is 3. The van der Waals surface area contributed by atoms with Gasteiger partial charge < -0.3 is 10.6 Å². The first-order valence-electron chi connectivity index (χ1n) is 6.54. The summed E-state index contributed by atoms with van der Waals surface area (Å²) in [5, 5.41) is 4.12. The van der Waals surface area contributed by atoms with Gasteiger partial charge in [0.2, 0.25) is 0 Å². The molecule has 5 nitrogen and oxygen atoms in total. The van der Waals surface area contributed by atoms with Gasteiger partial charge in [-0.1, -0.05) is 0 Å². The zero-order valence-corrected chi connectivity index (χ0v) is 12.6. The fourth-order valence-electron chi connectivity index (χ4n) is 2.51. The van der Waals surface area contributed by atoms with Crippen molar-refractivity contribution in [1.29, 1.82) is 0 Å². The Morgan fingerprint density at radius 3 is 2.47 bits per heavy atom. The van der Waals surface area contributed by atoms with Crippen molar-refractivity contribution in [3.8, 4) is 0 Å². The largest absolute Gasteiger partial charge is 0.339 e. The third-order valence-electron chi connectivity index (χ3n) is 4.04. The fraction of sp³-hybridized carbons (Fsp3) is 0.692. The Kier molecular flexibility index (Phi) is 5.38. The third kappa shape index (κ3) is 3.28. The van der Waals surface area contributed by atoms with E-state index in [4.69, 9.17) is 5.73 Å². The number of carbonyl (C=O) groups excluding carboxylic acids is 1. The summed E-state index contributed by atoms with van der Waals surface area (Å²) in [6.45, 7) is 5.58. The molecule has 1 aromatic rings. The smallest absolute Gasteiger partial charge is 0.257 e. The van der Waals surface area contributed by atoms with Crippen molar-refractivity contribution >= 4 is 18.3 Å². The molecule has 1 unspecified atom stereocenters. The van der Waals surface area contributed by atoms with Crippen LogP contribution in [0.15, 0.2) is 6.20 Å². The van der Waals surface area contributed by atoms with E-state index in [2.05, 4.69) is 5.10 Å². The van der Waals surface area contributed by atoms with E-state index < -0.39 is 0 Å². The normalized spacial score (nSPS) is 18.0. The highest BCUT2D eigenvalue weighted by Crippen LogP contribution is 2.21. The van der Waals surface area contributed by atoms with Gasteiger partial charge in [0.25, 0.3) is 5.91 Å². The number of amides is 1. The summed E-state index contributed by atoms with van der Waals surface area (Å²) >= 11 is 0. The molecule has 0 aromatic carbocycles. The van der Waals surface area contributed by atoms with Crippen LogP contribution in [-0.4, -0.2) is 39.7 Å². The number of aryl methyl sites for hydroxylation is 1. The van der Waals surface area contributed by atoms with Crippen molar-refractivity contribution in [1.82, 2.24) is 14.7 Å². The molecule has 1 saturated heterocycles. The lowest BCUT2D eigenvalue weighted by molar-refractivity contribution is 0.0680. The molecule has 2 N–H and O–H groups in total. The van der Waals surface area contributed by atoms with Crippen molar-refractivity contribution in [3.05, 3.63) is 17.5 Å². The zero-order chi connectivity index (χ0) is 13.3. The Hall–Kier alpha value is -1.07. The van der Waals surface area contributed by atoms with Crippen LogP contribution in [0.2, 0.25) is 0 Å². The van der Waals surface area contributed by atoms with E-state index in [1.165, 1.54) is 0 Å². The highest BCUT2D eigenvalue weighted by atomic mass is 35.5. The average molecular weight is 287 g/mol. The van der Waals surface area contributed by atoms with Crippen LogP contribution in [-0.2, 0) is 7.05 Å². The van der Waals surface area contributed by atoms with Crippen LogP contribution in [0, 0.1) is 12.8 Å². The molecule has 1 fully saturated rings. The van der Waals surface area contributed by atoms with Gasteiger partial charge in [0.15, 0.2) is 0 Å². The number of hydrogen-bond donors (Lipinski definition) is 1. The van der Waals surface area contributed by atoms with E-state index in [0.717, 1.165) is 37.2 Å². The van der Waals surface area contributed by atoms with Crippen LogP contribution in [0.4, 0.5) is 0 Å². The number of aromatic nitrogens is 2. The van der Waals surface area contributed by atoms with Crippen molar-refractivity contribution in [3.63, 3.8) is 0 Å². The molecule has 1 aliphatic rings. The highest BCUT2D eigenvalue weighted by Gasteiger charge is 2.26. The quantitative estimate of drug-likeness (QED) is 0.892. The van der Waals surface area contributed by atoms with Crippen LogP contribution in [0.1, 0.15) is 35.8 Å². The molecule has 0 radical (unpaired) electrons. The van der Waals surface area contributed by atoms with Crippen molar-refractivity contribution in [2.75, 3.05) is 13.1 Å². The number of halogens is 1. The molecule has 0 aliphatic carbocycles. The zero-order valence-electron chi connectivity index (χ0n) is 11.8. The van der Waals surface area contributed by atoms with Gasteiger partial charge in [0.05, 0.1) is 11.8 Å². The van der Waals surface area contributed by atoms with Crippen molar-refractivity contribution < 1.29 is 4.79 Å². The van der Waals surface area contributed by atoms with Crippen molar-refractivity contribution in [2.45, 2.75) is 32.7 Å². The first-order valence-corrected chi connectivity index (χ1v) is 6.54. The monoisotopic (exact) mass is 286 g/mol. The molecule has 19 heavy (non-hydrogen) atoms. The number of carbonyl (C=O) groups is 1. The van der Waals surface area contributed by atoms with E-state index in [9.17, 15) is 4.79 Å². The molecule has 2 heterocycles. The van der Waals surface area contributed by atoms with Crippen LogP contribution < -0.4 is 5.73 Å². The van der Waals surface area contributed by atoms with E-state index in [1.807, 2.05) is 25.8 Å². The summed E-state index contributed by atoms with van der Waals surface area (Å²) in [5.74, 6) is 0.646. The van der Waals surface area contributed by atoms with E-state index in [0.29, 0.717) is 5.92 Å². The van der Waals surface area contributed by atoms with Gasteiger partial charge in [-0.3, -0.25) is 9.48 Å². The predicted octanol–water partition coefficient (Wildman–Crippen LogP) is 1.35. The standard InChI is InChI=1S/C13H22N4O.ClH/c1-9(14)11-4-6-17(7-5-11)13(18)12-8-15-16(3)10(12)2;/h8-9,11H,4-7,14H2,1-3H3;1H. The summed E-state index contributed by atoms with van der Waals surface area (Å²) in [6, 6.07) is 0.224. The lowest BCUT2D eigenvalue weighted by Gasteiger charge is -2.33. The van der Waals surface area contributed by atoms with Crippen LogP contribution >= 0.6 is 12.4 Å². The Morgan fingerprint density at radius 1 is 1.47 bits per heavy atom. The topological polar surface area (TPSA) is 64.2 Å². The van der Waals surface area contributed by atoms with Gasteiger partial charge in [-0.2, -0.15) is 5.10 Å². The molecule has 6 heteroatoms. The maximum Gasteiger partial charge on any atom is 0.257 e. The third-order valence-corrected chi connectivity index (χ3v) is 4.04. The minimum Gasteiger partial charge on any atom is -0.339 e. The minimum absolute atomic E-state index is 0. The van der Waals surface area contributed by atoms with Gasteiger partial charge in [-0.25, -0.2) is 0 Å². The van der Waals surface area contributed by atoms with Crippen LogP contribution in [0.25, 0.3) is 0 Å². The Balaban J connectivity index is 0.00000180. The van der Waals surface area contributed by atoms with E-state index >= 15 is 0 Å². The summed E-state index contributed by atoms with van der Waals surface area (Å²) in [4.78, 5) is 14.3. The Morgan fingerprint density at radius 2 is 2.05 bits per heavy atom. The maximum atomic E-state index is 12.4. The second-order valence-corrected chi connectivity index (χ2v) is 5.26. The Labute approximate surface area is 120 Å². The lowest BCUT2D eigenvalue weighted by atomic mass is 9.91. The van der Waals surface area contributed by atoms with Gasteiger partial charge in [-0.15, -0.1) is 12.4 Å². The number of nitrogens with two attached hydrogens (primary N) is 1. The number of likely N-dealkylation sites (tertiary alicyclic amines) is 1. The summed E-state index contributed by atoms with van der Waals surface area (Å²) in [5.41, 5.74) is 7.55. The molecule has 0 spiro atoms. The Bertz CT molecular complexity index is 436. The minimum atomic E-state index is 0. The second kappa shape index (κ2) is 6.39. The summed E-state index contributed by atoms with van der Waals surface area (Å²) in [7, 11) is 1.86. The first kappa shape index (κ1) is 16.0. The highest BCUT2D eigenvalue weighted by molar-refractivity contribution is 5.95. The number of hydrogen-bond acceptors (Lipinski definition) is 3. The van der Waals surface area contributed by atoms with Crippen molar-refractivity contribution in [2.24, 2.45) is 18.7 Å². The maximum absolute atomic E-state index is 12.4. The lowest BCUT2D eigenvalue weighted by Crippen LogP contribution is -2.42. The predicted molar refractivity (Wildman–Crippen MR) is 77.5 cm³/mol. The van der Waals surface area contributed by atoms with Gasteiger partial charge >= 0.3 is 0 Å². The van der Waals surface area contributed by atoms with E-state index in [-0.39, 0.29) is 24.4 Å². The average Bonchev–Trinajstić information content (AvgIpc) is 2.69. The van der Waals surface area contributed by atoms with Gasteiger partial charge in [-0.05, 0) is 32.6 Å². The second-order valence-electron chi connectivity index (χ2n) is 5.26. The SMILES string of the molecule is Cc1c(C(=O)N2CCC(C(C)N)CC2)cnn1C.Cl. The fourth-order valence-corrected chi connectivity index (χ4v) is 2.51. The number of piperidine rings is 1. The molecule has 1 atom stereocenters. The summed E-state index contributed by atoms with van der Waals surface area (Å²) in [6.07, 6.45) is 3.67. The first-order chi connectivity index (χ1) is 8.50. The molecule has 108 valence electrons. The molecule has 0 saturated carbocycles. The molecular formula is C13H23ClN4O. The van der Waals surface area contributed by atoms with Gasteiger partial charge in [0.1, 0.15) is 0 Å². The molecule has 1 amide bonds. The summed E-state index contributed by atoms with van der Waals surface area (Å²) < 4.78 is 1.74. The molecule has 1 aromatic heterocycles.